The van der Waals surface area contributed by atoms with Crippen molar-refractivity contribution in [2.24, 2.45) is 50.7 Å². The highest BCUT2D eigenvalue weighted by molar-refractivity contribution is 5.90. The van der Waals surface area contributed by atoms with Gasteiger partial charge in [0.15, 0.2) is 0 Å². The molecule has 0 spiro atoms. The molecule has 4 fully saturated rings. The molecule has 4 saturated carbocycles. The van der Waals surface area contributed by atoms with E-state index in [2.05, 4.69) is 34.6 Å². The smallest absolute Gasteiger partial charge is 0.144 e. The molecule has 0 saturated heterocycles. The highest BCUT2D eigenvalue weighted by atomic mass is 16.5. The van der Waals surface area contributed by atoms with E-state index in [1.165, 1.54) is 19.3 Å². The van der Waals surface area contributed by atoms with E-state index in [1.54, 1.807) is 7.11 Å². The number of fused-ring (bicyclic) bond motifs is 5. The van der Waals surface area contributed by atoms with Gasteiger partial charge in [-0.25, -0.2) is 0 Å². The molecule has 0 aromatic heterocycles. The predicted molar refractivity (Wildman–Crippen MR) is 145 cm³/mol. The van der Waals surface area contributed by atoms with Crippen LogP contribution in [0.15, 0.2) is 0 Å². The molecule has 0 bridgehead atoms. The fraction of sp³-hybridized carbons (Fsp3) is 0.938. The molecule has 0 N–H and O–H groups in total. The molecule has 4 nitrogen and oxygen atoms in total. The first-order valence-corrected chi connectivity index (χ1v) is 14.8. The molecule has 4 aliphatic rings. The molecular weight excluding hydrogens is 448 g/mol. The van der Waals surface area contributed by atoms with Crippen molar-refractivity contribution in [1.29, 1.82) is 0 Å². The highest BCUT2D eigenvalue weighted by Gasteiger charge is 2.69. The van der Waals surface area contributed by atoms with Gasteiger partial charge in [0.25, 0.3) is 0 Å². The molecule has 8 atom stereocenters. The fourth-order valence-corrected chi connectivity index (χ4v) is 10.6. The van der Waals surface area contributed by atoms with Crippen molar-refractivity contribution in [1.82, 2.24) is 0 Å². The topological polar surface area (TPSA) is 52.6 Å². The number of carbonyl (C=O) groups is 2. The average molecular weight is 503 g/mol. The van der Waals surface area contributed by atoms with Gasteiger partial charge in [0.05, 0.1) is 18.1 Å². The minimum absolute atomic E-state index is 0.0164. The molecule has 0 amide bonds. The summed E-state index contributed by atoms with van der Waals surface area (Å²) in [6, 6.07) is 0. The quantitative estimate of drug-likeness (QED) is 0.367. The number of rotatable bonds is 7. The van der Waals surface area contributed by atoms with Crippen molar-refractivity contribution < 1.29 is 19.1 Å². The standard InChI is InChI=1S/C32H54O4/c1-21(2)23(33)12-17-32(20-35-8)19-18-30(6)22(27(32)34)10-11-25-29(5)15-14-26(36-9)28(3,4)24(29)13-16-31(25,30)7/h21-22,24-26H,10-20H2,1-9H3/t22-,24+,25-,26+,29+,30-,31-,32-/m1/s1. The fourth-order valence-electron chi connectivity index (χ4n) is 10.6. The molecule has 0 aromatic carbocycles. The number of methoxy groups -OCH3 is 2. The molecule has 0 radical (unpaired) electrons. The summed E-state index contributed by atoms with van der Waals surface area (Å²) >= 11 is 0. The van der Waals surface area contributed by atoms with E-state index in [4.69, 9.17) is 9.47 Å². The van der Waals surface area contributed by atoms with Crippen LogP contribution in [-0.4, -0.2) is 38.5 Å². The summed E-state index contributed by atoms with van der Waals surface area (Å²) in [4.78, 5) is 26.9. The van der Waals surface area contributed by atoms with Gasteiger partial charge < -0.3 is 9.47 Å². The van der Waals surface area contributed by atoms with Crippen molar-refractivity contribution in [2.45, 2.75) is 119 Å². The first-order valence-electron chi connectivity index (χ1n) is 14.8. The zero-order valence-corrected chi connectivity index (χ0v) is 24.8. The Labute approximate surface area is 221 Å². The molecular formula is C32H54O4. The lowest BCUT2D eigenvalue weighted by atomic mass is 9.33. The summed E-state index contributed by atoms with van der Waals surface area (Å²) in [5.74, 6) is 2.09. The van der Waals surface area contributed by atoms with E-state index in [0.29, 0.717) is 48.6 Å². The summed E-state index contributed by atoms with van der Waals surface area (Å²) in [6.07, 6.45) is 10.4. The summed E-state index contributed by atoms with van der Waals surface area (Å²) in [6.45, 7) is 16.9. The minimum atomic E-state index is -0.494. The molecule has 36 heavy (non-hydrogen) atoms. The van der Waals surface area contributed by atoms with Crippen LogP contribution in [0, 0.1) is 50.7 Å². The van der Waals surface area contributed by atoms with Gasteiger partial charge >= 0.3 is 0 Å². The summed E-state index contributed by atoms with van der Waals surface area (Å²) in [5.41, 5.74) is 0.168. The van der Waals surface area contributed by atoms with Gasteiger partial charge in [-0.05, 0) is 91.3 Å². The Morgan fingerprint density at radius 2 is 1.58 bits per heavy atom. The van der Waals surface area contributed by atoms with E-state index < -0.39 is 5.41 Å². The van der Waals surface area contributed by atoms with Crippen LogP contribution in [0.3, 0.4) is 0 Å². The third kappa shape index (κ3) is 3.90. The van der Waals surface area contributed by atoms with Crippen LogP contribution >= 0.6 is 0 Å². The maximum atomic E-state index is 14.4. The van der Waals surface area contributed by atoms with Gasteiger partial charge in [-0.2, -0.15) is 0 Å². The molecule has 206 valence electrons. The third-order valence-electron chi connectivity index (χ3n) is 13.0. The molecule has 0 aromatic rings. The number of Topliss-reactive ketones (excluding diaryl/α,β-unsaturated/α-hetero) is 2. The summed E-state index contributed by atoms with van der Waals surface area (Å²) < 4.78 is 11.7. The zero-order valence-electron chi connectivity index (χ0n) is 24.8. The first-order chi connectivity index (χ1) is 16.7. The predicted octanol–water partition coefficient (Wildman–Crippen LogP) is 7.28. The average Bonchev–Trinajstić information content (AvgIpc) is 2.80. The number of hydrogen-bond acceptors (Lipinski definition) is 4. The highest BCUT2D eigenvalue weighted by Crippen LogP contribution is 2.74. The largest absolute Gasteiger partial charge is 0.384 e. The van der Waals surface area contributed by atoms with E-state index in [-0.39, 0.29) is 33.9 Å². The maximum absolute atomic E-state index is 14.4. The van der Waals surface area contributed by atoms with Crippen LogP contribution in [0.4, 0.5) is 0 Å². The Hall–Kier alpha value is -0.740. The lowest BCUT2D eigenvalue weighted by Gasteiger charge is -2.71. The number of carbonyl (C=O) groups excluding carboxylic acids is 2. The van der Waals surface area contributed by atoms with E-state index >= 15 is 0 Å². The summed E-state index contributed by atoms with van der Waals surface area (Å²) in [5, 5.41) is 0. The van der Waals surface area contributed by atoms with E-state index in [0.717, 1.165) is 32.1 Å². The minimum Gasteiger partial charge on any atom is -0.384 e. The van der Waals surface area contributed by atoms with Crippen LogP contribution in [0.25, 0.3) is 0 Å². The first kappa shape index (κ1) is 28.3. The van der Waals surface area contributed by atoms with Gasteiger partial charge in [-0.15, -0.1) is 0 Å². The molecule has 0 heterocycles. The van der Waals surface area contributed by atoms with Crippen molar-refractivity contribution in [3.05, 3.63) is 0 Å². The van der Waals surface area contributed by atoms with Crippen LogP contribution in [-0.2, 0) is 19.1 Å². The molecule has 4 rings (SSSR count). The second-order valence-electron chi connectivity index (χ2n) is 14.9. The van der Waals surface area contributed by atoms with Crippen LogP contribution < -0.4 is 0 Å². The van der Waals surface area contributed by atoms with Gasteiger partial charge in [-0.1, -0.05) is 48.5 Å². The zero-order chi connectivity index (χ0) is 26.7. The van der Waals surface area contributed by atoms with Crippen LogP contribution in [0.2, 0.25) is 0 Å². The molecule has 0 aliphatic heterocycles. The third-order valence-corrected chi connectivity index (χ3v) is 13.0. The summed E-state index contributed by atoms with van der Waals surface area (Å²) in [7, 11) is 3.61. The van der Waals surface area contributed by atoms with Crippen molar-refractivity contribution in [3.63, 3.8) is 0 Å². The molecule has 4 heteroatoms. The van der Waals surface area contributed by atoms with Crippen LogP contribution in [0.1, 0.15) is 113 Å². The number of hydrogen-bond donors (Lipinski definition) is 0. The van der Waals surface area contributed by atoms with Crippen molar-refractivity contribution in [3.8, 4) is 0 Å². The second-order valence-corrected chi connectivity index (χ2v) is 14.9. The lowest BCUT2D eigenvalue weighted by molar-refractivity contribution is -0.236. The normalized spacial score (nSPS) is 46.1. The van der Waals surface area contributed by atoms with Gasteiger partial charge in [-0.3, -0.25) is 9.59 Å². The van der Waals surface area contributed by atoms with E-state index in [9.17, 15) is 9.59 Å². The number of ether oxygens (including phenoxy) is 2. The van der Waals surface area contributed by atoms with Crippen LogP contribution in [0.5, 0.6) is 0 Å². The molecule has 0 unspecified atom stereocenters. The second kappa shape index (κ2) is 9.47. The van der Waals surface area contributed by atoms with Crippen molar-refractivity contribution >= 4 is 11.6 Å². The number of ketones is 2. The lowest BCUT2D eigenvalue weighted by Crippen LogP contribution is -2.67. The SMILES string of the molecule is COC[C@@]1(CCC(=O)C(C)C)CC[C@]2(C)[C@H](CC[C@@H]3[C@@]4(C)CC[C@H](OC)C(C)(C)[C@@H]4CC[C@]32C)C1=O. The maximum Gasteiger partial charge on any atom is 0.144 e. The monoisotopic (exact) mass is 502 g/mol. The van der Waals surface area contributed by atoms with Gasteiger partial charge in [0.2, 0.25) is 0 Å². The Kier molecular flexibility index (Phi) is 7.44. The van der Waals surface area contributed by atoms with Gasteiger partial charge in [0, 0.05) is 32.5 Å². The Bertz CT molecular complexity index is 862. The van der Waals surface area contributed by atoms with Gasteiger partial charge in [0.1, 0.15) is 11.6 Å². The Balaban J connectivity index is 1.64. The van der Waals surface area contributed by atoms with Crippen molar-refractivity contribution in [2.75, 3.05) is 20.8 Å². The Morgan fingerprint density at radius 1 is 0.889 bits per heavy atom. The Morgan fingerprint density at radius 3 is 2.19 bits per heavy atom. The molecule has 4 aliphatic carbocycles. The van der Waals surface area contributed by atoms with E-state index in [1.807, 2.05) is 21.0 Å².